The normalized spacial score (nSPS) is 12.2. The van der Waals surface area contributed by atoms with Crippen LogP contribution in [-0.2, 0) is 26.6 Å². The molecule has 0 spiro atoms. The maximum atomic E-state index is 13.5. The van der Waals surface area contributed by atoms with Gasteiger partial charge in [-0.25, -0.2) is 22.8 Å². The Morgan fingerprint density at radius 1 is 0.942 bits per heavy atom. The Hall–Kier alpha value is -4.86. The summed E-state index contributed by atoms with van der Waals surface area (Å²) in [5.74, 6) is 1.78. The topological polar surface area (TPSA) is 161 Å². The first kappa shape index (κ1) is 38.4. The molecule has 272 valence electrons. The van der Waals surface area contributed by atoms with Crippen LogP contribution in [0, 0.1) is 12.7 Å². The Labute approximate surface area is 306 Å². The lowest BCUT2D eigenvalue weighted by Gasteiger charge is -2.14. The number of aryl methyl sites for hydroxylation is 1. The van der Waals surface area contributed by atoms with Crippen LogP contribution < -0.4 is 15.4 Å². The molecule has 52 heavy (non-hydrogen) atoms. The van der Waals surface area contributed by atoms with E-state index in [4.69, 9.17) is 25.3 Å². The van der Waals surface area contributed by atoms with E-state index in [1.54, 1.807) is 42.5 Å². The highest BCUT2D eigenvalue weighted by molar-refractivity contribution is 7.90. The van der Waals surface area contributed by atoms with Crippen molar-refractivity contribution in [3.63, 3.8) is 0 Å². The summed E-state index contributed by atoms with van der Waals surface area (Å²) in [7, 11) is -7.23. The van der Waals surface area contributed by atoms with Crippen molar-refractivity contribution in [1.82, 2.24) is 15.3 Å². The zero-order chi connectivity index (χ0) is 37.5. The van der Waals surface area contributed by atoms with Gasteiger partial charge in [-0.1, -0.05) is 48.4 Å². The van der Waals surface area contributed by atoms with Crippen molar-refractivity contribution in [1.29, 1.82) is 0 Å². The third-order valence-electron chi connectivity index (χ3n) is 7.61. The minimum atomic E-state index is -4.02. The van der Waals surface area contributed by atoms with E-state index in [1.807, 2.05) is 44.2 Å². The Morgan fingerprint density at radius 3 is 2.38 bits per heavy atom. The summed E-state index contributed by atoms with van der Waals surface area (Å²) >= 11 is 6.48. The van der Waals surface area contributed by atoms with E-state index in [0.717, 1.165) is 22.0 Å². The second-order valence-electron chi connectivity index (χ2n) is 11.8. The fourth-order valence-corrected chi connectivity index (χ4v) is 6.73. The van der Waals surface area contributed by atoms with E-state index >= 15 is 0 Å². The number of benzene rings is 4. The van der Waals surface area contributed by atoms with Crippen molar-refractivity contribution in [3.05, 3.63) is 131 Å². The number of halogens is 2. The number of nitrogens with zero attached hydrogens (tertiary/aromatic N) is 2. The molecule has 0 saturated carbocycles. The number of nitrogens with one attached hydrogen (secondary N) is 2. The Morgan fingerprint density at radius 2 is 1.71 bits per heavy atom. The fourth-order valence-electron chi connectivity index (χ4n) is 5.13. The van der Waals surface area contributed by atoms with Crippen LogP contribution in [0.5, 0.6) is 5.75 Å². The van der Waals surface area contributed by atoms with Crippen molar-refractivity contribution < 1.29 is 34.9 Å². The van der Waals surface area contributed by atoms with E-state index in [-0.39, 0.29) is 23.1 Å². The molecule has 0 aliphatic carbocycles. The number of fused-ring (bicyclic) bond motifs is 1. The molecule has 3 N–H and O–H groups in total. The van der Waals surface area contributed by atoms with Gasteiger partial charge < -0.3 is 19.8 Å². The minimum Gasteiger partial charge on any atom is -0.487 e. The van der Waals surface area contributed by atoms with Crippen LogP contribution in [0.4, 0.5) is 15.9 Å². The van der Waals surface area contributed by atoms with Crippen LogP contribution in [-0.4, -0.2) is 49.9 Å². The molecule has 0 bridgehead atoms. The molecule has 1 atom stereocenters. The summed E-state index contributed by atoms with van der Waals surface area (Å²) in [5, 5.41) is 7.61. The summed E-state index contributed by atoms with van der Waals surface area (Å²) in [6, 6.07) is 26.3. The van der Waals surface area contributed by atoms with Crippen molar-refractivity contribution in [2.75, 3.05) is 23.9 Å². The number of hydrogen-bond acceptors (Lipinski definition) is 10. The third-order valence-corrected chi connectivity index (χ3v) is 9.71. The molecule has 2 aromatic heterocycles. The lowest BCUT2D eigenvalue weighted by Crippen LogP contribution is -2.27. The standard InChI is InChI=1S/C30H28ClFN4O4S.C7H8O3S/c1-3-33-26(17-41(2,37)38)29-12-11-27(40-29)20-7-9-25-23(14-20)30(35-18-34-25)36-22-8-10-28(24(31)15-22)39-16-19-5-4-6-21(32)13-19;1-6-2-4-7(5-3-6)11(8,9)10/h4-15,18,26,33H,3,16-17H2,1-2H3,(H,34,35,36);2-5H,1H3,(H,8,9,10)/t26-;/m0./s1. The largest absolute Gasteiger partial charge is 0.487 e. The lowest BCUT2D eigenvalue weighted by molar-refractivity contribution is 0.306. The highest BCUT2D eigenvalue weighted by Gasteiger charge is 2.21. The van der Waals surface area contributed by atoms with Crippen molar-refractivity contribution in [3.8, 4) is 17.1 Å². The molecule has 15 heteroatoms. The van der Waals surface area contributed by atoms with E-state index in [9.17, 15) is 21.2 Å². The Balaban J connectivity index is 0.000000407. The third kappa shape index (κ3) is 10.6. The molecule has 0 aliphatic rings. The molecule has 6 rings (SSSR count). The van der Waals surface area contributed by atoms with Crippen LogP contribution in [0.3, 0.4) is 0 Å². The SMILES string of the molecule is CCN[C@@H](CS(C)(=O)=O)c1ccc(-c2ccc3ncnc(Nc4ccc(OCc5cccc(F)c5)c(Cl)c4)c3c2)o1.Cc1ccc(S(=O)(=O)O)cc1. The summed E-state index contributed by atoms with van der Waals surface area (Å²) in [6.07, 6.45) is 2.68. The van der Waals surface area contributed by atoms with Gasteiger partial charge in [0.05, 0.1) is 27.2 Å². The van der Waals surface area contributed by atoms with Crippen LogP contribution in [0.15, 0.2) is 113 Å². The molecule has 11 nitrogen and oxygen atoms in total. The predicted octanol–water partition coefficient (Wildman–Crippen LogP) is 7.94. The second-order valence-corrected chi connectivity index (χ2v) is 15.8. The first-order chi connectivity index (χ1) is 24.7. The molecule has 0 amide bonds. The highest BCUT2D eigenvalue weighted by Crippen LogP contribution is 2.33. The Bertz CT molecular complexity index is 2390. The van der Waals surface area contributed by atoms with E-state index < -0.39 is 26.0 Å². The average molecular weight is 767 g/mol. The van der Waals surface area contributed by atoms with E-state index in [2.05, 4.69) is 20.6 Å². The zero-order valence-electron chi connectivity index (χ0n) is 28.4. The first-order valence-corrected chi connectivity index (χ1v) is 19.8. The van der Waals surface area contributed by atoms with Crippen LogP contribution in [0.1, 0.15) is 29.9 Å². The smallest absolute Gasteiger partial charge is 0.294 e. The second kappa shape index (κ2) is 16.7. The molecule has 2 heterocycles. The summed E-state index contributed by atoms with van der Waals surface area (Å²) in [6.45, 7) is 4.54. The fraction of sp³-hybridized carbons (Fsp3) is 0.189. The van der Waals surface area contributed by atoms with E-state index in [1.165, 1.54) is 36.8 Å². The highest BCUT2D eigenvalue weighted by atomic mass is 35.5. The van der Waals surface area contributed by atoms with Crippen molar-refractivity contribution >= 4 is 54.0 Å². The number of aromatic nitrogens is 2. The number of hydrogen-bond donors (Lipinski definition) is 3. The number of ether oxygens (including phenoxy) is 1. The van der Waals surface area contributed by atoms with Crippen LogP contribution in [0.2, 0.25) is 5.02 Å². The zero-order valence-corrected chi connectivity index (χ0v) is 30.8. The monoisotopic (exact) mass is 766 g/mol. The number of anilines is 2. The molecule has 0 saturated heterocycles. The van der Waals surface area contributed by atoms with Crippen molar-refractivity contribution in [2.45, 2.75) is 31.4 Å². The maximum absolute atomic E-state index is 13.5. The lowest BCUT2D eigenvalue weighted by atomic mass is 10.1. The number of sulfone groups is 1. The average Bonchev–Trinajstić information content (AvgIpc) is 3.58. The van der Waals surface area contributed by atoms with Crippen LogP contribution >= 0.6 is 11.6 Å². The predicted molar refractivity (Wildman–Crippen MR) is 200 cm³/mol. The molecule has 6 aromatic rings. The minimum absolute atomic E-state index is 0.0649. The van der Waals surface area contributed by atoms with Gasteiger partial charge in [0.2, 0.25) is 0 Å². The molecule has 0 radical (unpaired) electrons. The molecule has 0 fully saturated rings. The molecular weight excluding hydrogens is 731 g/mol. The summed E-state index contributed by atoms with van der Waals surface area (Å²) in [4.78, 5) is 8.74. The first-order valence-electron chi connectivity index (χ1n) is 15.9. The number of furan rings is 1. The van der Waals surface area contributed by atoms with E-state index in [0.29, 0.717) is 45.9 Å². The quantitative estimate of drug-likeness (QED) is 0.104. The van der Waals surface area contributed by atoms with Gasteiger partial charge in [0.15, 0.2) is 0 Å². The van der Waals surface area contributed by atoms with Gasteiger partial charge in [-0.3, -0.25) is 4.55 Å². The van der Waals surface area contributed by atoms with Gasteiger partial charge in [-0.2, -0.15) is 8.42 Å². The maximum Gasteiger partial charge on any atom is 0.294 e. The molecule has 4 aromatic carbocycles. The summed E-state index contributed by atoms with van der Waals surface area (Å²) < 4.78 is 78.7. The van der Waals surface area contributed by atoms with Gasteiger partial charge in [-0.15, -0.1) is 0 Å². The van der Waals surface area contributed by atoms with Crippen molar-refractivity contribution in [2.24, 2.45) is 0 Å². The summed E-state index contributed by atoms with van der Waals surface area (Å²) in [5.41, 5.74) is 3.85. The van der Waals surface area contributed by atoms with Crippen LogP contribution in [0.25, 0.3) is 22.2 Å². The van der Waals surface area contributed by atoms with Gasteiger partial charge in [0.1, 0.15) is 51.7 Å². The molecular formula is C37H36ClFN4O7S2. The molecule has 0 unspecified atom stereocenters. The molecule has 0 aliphatic heterocycles. The van der Waals surface area contributed by atoms with Gasteiger partial charge in [0, 0.05) is 22.9 Å². The number of rotatable bonds is 12. The van der Waals surface area contributed by atoms with Gasteiger partial charge in [0.25, 0.3) is 10.1 Å². The Kier molecular flexibility index (Phi) is 12.3. The van der Waals surface area contributed by atoms with Gasteiger partial charge in [-0.05, 0) is 91.8 Å². The van der Waals surface area contributed by atoms with Gasteiger partial charge >= 0.3 is 0 Å².